The molecule has 4 nitrogen and oxygen atoms in total. The third kappa shape index (κ3) is 3.32. The van der Waals surface area contributed by atoms with Crippen LogP contribution < -0.4 is 5.32 Å². The van der Waals surface area contributed by atoms with E-state index in [4.69, 9.17) is 11.6 Å². The third-order valence-electron chi connectivity index (χ3n) is 4.55. The number of nitrogens with one attached hydrogen (secondary N) is 1. The van der Waals surface area contributed by atoms with Gasteiger partial charge in [0, 0.05) is 41.1 Å². The Morgan fingerprint density at radius 3 is 2.70 bits per heavy atom. The van der Waals surface area contributed by atoms with Crippen LogP contribution in [0.15, 0.2) is 73.1 Å². The van der Waals surface area contributed by atoms with E-state index in [0.717, 1.165) is 34.4 Å². The largest absolute Gasteiger partial charge is 0.341 e. The van der Waals surface area contributed by atoms with Gasteiger partial charge in [0.2, 0.25) is 0 Å². The Bertz CT molecular complexity index is 1120. The first-order chi connectivity index (χ1) is 13.2. The summed E-state index contributed by atoms with van der Waals surface area (Å²) in [6, 6.07) is 19.1. The smallest absolute Gasteiger partial charge is 0.257 e. The fourth-order valence-corrected chi connectivity index (χ4v) is 3.51. The van der Waals surface area contributed by atoms with E-state index in [0.29, 0.717) is 10.6 Å². The van der Waals surface area contributed by atoms with Crippen molar-refractivity contribution >= 4 is 34.1 Å². The van der Waals surface area contributed by atoms with Crippen LogP contribution in [0.2, 0.25) is 5.02 Å². The van der Waals surface area contributed by atoms with Crippen molar-refractivity contribution < 1.29 is 4.79 Å². The van der Waals surface area contributed by atoms with Gasteiger partial charge in [0.1, 0.15) is 0 Å². The lowest BCUT2D eigenvalue weighted by Gasteiger charge is -2.09. The highest BCUT2D eigenvalue weighted by Gasteiger charge is 2.13. The zero-order valence-electron chi connectivity index (χ0n) is 14.8. The number of fused-ring (bicyclic) bond motifs is 1. The van der Waals surface area contributed by atoms with E-state index >= 15 is 0 Å². The van der Waals surface area contributed by atoms with Crippen molar-refractivity contribution in [3.63, 3.8) is 0 Å². The fraction of sp³-hybridized carbons (Fsp3) is 0.0909. The van der Waals surface area contributed by atoms with Gasteiger partial charge in [-0.15, -0.1) is 0 Å². The summed E-state index contributed by atoms with van der Waals surface area (Å²) in [5.74, 6) is -0.220. The maximum absolute atomic E-state index is 12.5. The second-order valence-electron chi connectivity index (χ2n) is 6.22. The van der Waals surface area contributed by atoms with Crippen molar-refractivity contribution in [2.24, 2.45) is 0 Å². The summed E-state index contributed by atoms with van der Waals surface area (Å²) in [4.78, 5) is 16.7. The zero-order chi connectivity index (χ0) is 18.8. The Kier molecular flexibility index (Phi) is 4.65. The molecule has 0 saturated carbocycles. The molecule has 27 heavy (non-hydrogen) atoms. The molecular formula is C22H18ClN3O. The third-order valence-corrected chi connectivity index (χ3v) is 4.88. The monoisotopic (exact) mass is 375 g/mol. The molecule has 0 bridgehead atoms. The van der Waals surface area contributed by atoms with E-state index < -0.39 is 0 Å². The van der Waals surface area contributed by atoms with Gasteiger partial charge in [0.05, 0.1) is 16.3 Å². The first kappa shape index (κ1) is 17.3. The normalized spacial score (nSPS) is 10.9. The number of hydrogen-bond acceptors (Lipinski definition) is 2. The Morgan fingerprint density at radius 2 is 1.96 bits per heavy atom. The van der Waals surface area contributed by atoms with Gasteiger partial charge in [0.25, 0.3) is 5.91 Å². The quantitative estimate of drug-likeness (QED) is 0.502. The summed E-state index contributed by atoms with van der Waals surface area (Å²) in [5, 5.41) is 4.43. The highest BCUT2D eigenvalue weighted by molar-refractivity contribution is 6.34. The summed E-state index contributed by atoms with van der Waals surface area (Å²) in [7, 11) is 0. The zero-order valence-corrected chi connectivity index (χ0v) is 15.6. The molecule has 4 rings (SSSR count). The minimum absolute atomic E-state index is 0.220. The predicted octanol–water partition coefficient (Wildman–Crippen LogP) is 5.63. The standard InChI is InChI=1S/C22H18ClN3O/c1-2-26-20-10-9-17(25-22(27)18-7-3-4-8-19(18)23)12-16(20)13-21(26)15-6-5-11-24-14-15/h3-14H,2H2,1H3,(H,25,27). The molecule has 0 fully saturated rings. The van der Waals surface area contributed by atoms with Crippen LogP contribution in [0.4, 0.5) is 5.69 Å². The maximum atomic E-state index is 12.5. The number of hydrogen-bond donors (Lipinski definition) is 1. The average Bonchev–Trinajstić information content (AvgIpc) is 3.06. The maximum Gasteiger partial charge on any atom is 0.257 e. The number of aromatic nitrogens is 2. The van der Waals surface area contributed by atoms with Gasteiger partial charge in [-0.2, -0.15) is 0 Å². The van der Waals surface area contributed by atoms with Crippen molar-refractivity contribution in [3.05, 3.63) is 83.6 Å². The SMILES string of the molecule is CCn1c(-c2cccnc2)cc2cc(NC(=O)c3ccccc3Cl)ccc21. The lowest BCUT2D eigenvalue weighted by Crippen LogP contribution is -2.12. The lowest BCUT2D eigenvalue weighted by atomic mass is 10.1. The number of anilines is 1. The van der Waals surface area contributed by atoms with E-state index in [1.165, 1.54) is 0 Å². The molecule has 0 aliphatic rings. The van der Waals surface area contributed by atoms with Crippen LogP contribution in [0.25, 0.3) is 22.2 Å². The molecule has 0 saturated heterocycles. The lowest BCUT2D eigenvalue weighted by molar-refractivity contribution is 0.102. The summed E-state index contributed by atoms with van der Waals surface area (Å²) in [6.45, 7) is 2.96. The van der Waals surface area contributed by atoms with Crippen molar-refractivity contribution in [3.8, 4) is 11.3 Å². The molecule has 2 aromatic heterocycles. The van der Waals surface area contributed by atoms with Crippen LogP contribution in [0.1, 0.15) is 17.3 Å². The van der Waals surface area contributed by atoms with E-state index in [9.17, 15) is 4.79 Å². The number of halogens is 1. The average molecular weight is 376 g/mol. The summed E-state index contributed by atoms with van der Waals surface area (Å²) in [5.41, 5.74) is 4.49. The van der Waals surface area contributed by atoms with E-state index in [1.54, 1.807) is 30.5 Å². The van der Waals surface area contributed by atoms with Crippen molar-refractivity contribution in [1.29, 1.82) is 0 Å². The topological polar surface area (TPSA) is 46.9 Å². The molecule has 0 atom stereocenters. The molecule has 2 heterocycles. The van der Waals surface area contributed by atoms with E-state index in [2.05, 4.69) is 27.9 Å². The first-order valence-corrected chi connectivity index (χ1v) is 9.14. The molecule has 0 unspecified atom stereocenters. The van der Waals surface area contributed by atoms with Crippen LogP contribution in [0.3, 0.4) is 0 Å². The molecular weight excluding hydrogens is 358 g/mol. The second kappa shape index (κ2) is 7.25. The minimum Gasteiger partial charge on any atom is -0.341 e. The molecule has 5 heteroatoms. The van der Waals surface area contributed by atoms with Gasteiger partial charge in [-0.3, -0.25) is 9.78 Å². The fourth-order valence-electron chi connectivity index (χ4n) is 3.29. The van der Waals surface area contributed by atoms with Crippen molar-refractivity contribution in [2.75, 3.05) is 5.32 Å². The van der Waals surface area contributed by atoms with Crippen LogP contribution in [-0.4, -0.2) is 15.5 Å². The number of amides is 1. The predicted molar refractivity (Wildman–Crippen MR) is 110 cm³/mol. The molecule has 1 N–H and O–H groups in total. The van der Waals surface area contributed by atoms with Crippen LogP contribution in [-0.2, 0) is 6.54 Å². The number of aryl methyl sites for hydroxylation is 1. The molecule has 0 aliphatic heterocycles. The molecule has 4 aromatic rings. The Balaban J connectivity index is 1.71. The first-order valence-electron chi connectivity index (χ1n) is 8.77. The summed E-state index contributed by atoms with van der Waals surface area (Å²) in [6.07, 6.45) is 3.63. The van der Waals surface area contributed by atoms with Gasteiger partial charge in [-0.1, -0.05) is 23.7 Å². The van der Waals surface area contributed by atoms with Crippen LogP contribution >= 0.6 is 11.6 Å². The Hall–Kier alpha value is -3.11. The summed E-state index contributed by atoms with van der Waals surface area (Å²) < 4.78 is 2.24. The number of nitrogens with zero attached hydrogens (tertiary/aromatic N) is 2. The van der Waals surface area contributed by atoms with Crippen LogP contribution in [0.5, 0.6) is 0 Å². The number of carbonyl (C=O) groups is 1. The van der Waals surface area contributed by atoms with Crippen molar-refractivity contribution in [2.45, 2.75) is 13.5 Å². The second-order valence-corrected chi connectivity index (χ2v) is 6.63. The van der Waals surface area contributed by atoms with Gasteiger partial charge in [0.15, 0.2) is 0 Å². The molecule has 134 valence electrons. The van der Waals surface area contributed by atoms with Crippen LogP contribution in [0, 0.1) is 0 Å². The van der Waals surface area contributed by atoms with Gasteiger partial charge in [-0.05, 0) is 55.5 Å². The highest BCUT2D eigenvalue weighted by atomic mass is 35.5. The number of benzene rings is 2. The minimum atomic E-state index is -0.220. The molecule has 2 aromatic carbocycles. The molecule has 0 radical (unpaired) electrons. The van der Waals surface area contributed by atoms with E-state index in [-0.39, 0.29) is 5.91 Å². The number of pyridine rings is 1. The molecule has 0 spiro atoms. The molecule has 0 aliphatic carbocycles. The van der Waals surface area contributed by atoms with Gasteiger partial charge >= 0.3 is 0 Å². The Labute approximate surface area is 162 Å². The number of carbonyl (C=O) groups excluding carboxylic acids is 1. The Morgan fingerprint density at radius 1 is 1.11 bits per heavy atom. The highest BCUT2D eigenvalue weighted by Crippen LogP contribution is 2.30. The molecule has 1 amide bonds. The van der Waals surface area contributed by atoms with Crippen molar-refractivity contribution in [1.82, 2.24) is 9.55 Å². The number of rotatable bonds is 4. The van der Waals surface area contributed by atoms with Gasteiger partial charge < -0.3 is 9.88 Å². The van der Waals surface area contributed by atoms with E-state index in [1.807, 2.05) is 36.5 Å². The summed E-state index contributed by atoms with van der Waals surface area (Å²) >= 11 is 6.12. The van der Waals surface area contributed by atoms with Gasteiger partial charge in [-0.25, -0.2) is 0 Å².